The first kappa shape index (κ1) is 12.3. The number of halogens is 1. The summed E-state index contributed by atoms with van der Waals surface area (Å²) in [6.07, 6.45) is 6.20. The van der Waals surface area contributed by atoms with Crippen molar-refractivity contribution in [2.45, 2.75) is 31.7 Å². The highest BCUT2D eigenvalue weighted by Crippen LogP contribution is 2.23. The molecule has 0 atom stereocenters. The van der Waals surface area contributed by atoms with Crippen LogP contribution in [0.25, 0.3) is 0 Å². The Hall–Kier alpha value is -1.72. The molecule has 0 unspecified atom stereocenters. The lowest BCUT2D eigenvalue weighted by molar-refractivity contribution is -0.125. The SMILES string of the molecule is O=C(NC1CC1)C1CCN(c2ncc(F)cn2)CC1. The number of amides is 1. The first-order chi connectivity index (χ1) is 9.22. The smallest absolute Gasteiger partial charge is 0.225 e. The molecule has 1 aromatic heterocycles. The predicted molar refractivity (Wildman–Crippen MR) is 68.1 cm³/mol. The van der Waals surface area contributed by atoms with Gasteiger partial charge in [0.1, 0.15) is 0 Å². The summed E-state index contributed by atoms with van der Waals surface area (Å²) in [6.45, 7) is 1.49. The summed E-state index contributed by atoms with van der Waals surface area (Å²) in [4.78, 5) is 21.9. The highest BCUT2D eigenvalue weighted by atomic mass is 19.1. The third-order valence-electron chi connectivity index (χ3n) is 3.68. The lowest BCUT2D eigenvalue weighted by atomic mass is 9.96. The van der Waals surface area contributed by atoms with E-state index >= 15 is 0 Å². The maximum absolute atomic E-state index is 12.8. The van der Waals surface area contributed by atoms with Gasteiger partial charge in [-0.1, -0.05) is 0 Å². The molecular formula is C13H17FN4O. The van der Waals surface area contributed by atoms with Crippen molar-refractivity contribution in [2.75, 3.05) is 18.0 Å². The fourth-order valence-electron chi connectivity index (χ4n) is 2.36. The second-order valence-corrected chi connectivity index (χ2v) is 5.25. The lowest BCUT2D eigenvalue weighted by Crippen LogP contribution is -2.41. The number of anilines is 1. The van der Waals surface area contributed by atoms with Crippen molar-refractivity contribution < 1.29 is 9.18 Å². The zero-order valence-corrected chi connectivity index (χ0v) is 10.7. The molecule has 5 nitrogen and oxygen atoms in total. The maximum Gasteiger partial charge on any atom is 0.225 e. The van der Waals surface area contributed by atoms with Gasteiger partial charge in [0.05, 0.1) is 12.4 Å². The molecule has 1 aliphatic heterocycles. The van der Waals surface area contributed by atoms with Gasteiger partial charge in [-0.25, -0.2) is 14.4 Å². The molecule has 3 rings (SSSR count). The number of rotatable bonds is 3. The van der Waals surface area contributed by atoms with Crippen LogP contribution in [0, 0.1) is 11.7 Å². The highest BCUT2D eigenvalue weighted by Gasteiger charge is 2.30. The van der Waals surface area contributed by atoms with E-state index in [0.29, 0.717) is 12.0 Å². The number of aromatic nitrogens is 2. The molecule has 1 amide bonds. The number of nitrogens with zero attached hydrogens (tertiary/aromatic N) is 3. The first-order valence-corrected chi connectivity index (χ1v) is 6.75. The number of hydrogen-bond acceptors (Lipinski definition) is 4. The summed E-state index contributed by atoms with van der Waals surface area (Å²) in [5.74, 6) is 0.393. The van der Waals surface area contributed by atoms with E-state index in [0.717, 1.165) is 38.8 Å². The van der Waals surface area contributed by atoms with E-state index in [1.54, 1.807) is 0 Å². The van der Waals surface area contributed by atoms with E-state index in [-0.39, 0.29) is 11.8 Å². The van der Waals surface area contributed by atoms with Gasteiger partial charge >= 0.3 is 0 Å². The third-order valence-corrected chi connectivity index (χ3v) is 3.68. The van der Waals surface area contributed by atoms with Crippen LogP contribution in [0.15, 0.2) is 12.4 Å². The van der Waals surface area contributed by atoms with Gasteiger partial charge in [-0.05, 0) is 25.7 Å². The Morgan fingerprint density at radius 1 is 1.21 bits per heavy atom. The predicted octanol–water partition coefficient (Wildman–Crippen LogP) is 1.11. The molecule has 19 heavy (non-hydrogen) atoms. The molecule has 2 heterocycles. The number of carbonyl (C=O) groups is 1. The van der Waals surface area contributed by atoms with E-state index in [9.17, 15) is 9.18 Å². The van der Waals surface area contributed by atoms with Crippen LogP contribution in [-0.2, 0) is 4.79 Å². The van der Waals surface area contributed by atoms with Crippen LogP contribution in [0.5, 0.6) is 0 Å². The topological polar surface area (TPSA) is 58.1 Å². The molecule has 2 fully saturated rings. The van der Waals surface area contributed by atoms with Crippen molar-refractivity contribution in [1.29, 1.82) is 0 Å². The standard InChI is InChI=1S/C13H17FN4O/c14-10-7-15-13(16-8-10)18-5-3-9(4-6-18)12(19)17-11-1-2-11/h7-9,11H,1-6H2,(H,17,19). The van der Waals surface area contributed by atoms with Crippen LogP contribution < -0.4 is 10.2 Å². The summed E-state index contributed by atoms with van der Waals surface area (Å²) in [7, 11) is 0. The largest absolute Gasteiger partial charge is 0.353 e. The molecule has 1 aliphatic carbocycles. The Bertz CT molecular complexity index is 452. The monoisotopic (exact) mass is 264 g/mol. The molecule has 0 aromatic carbocycles. The molecule has 1 N–H and O–H groups in total. The Labute approximate surface area is 111 Å². The van der Waals surface area contributed by atoms with Gasteiger partial charge in [-0.2, -0.15) is 0 Å². The molecule has 1 saturated heterocycles. The number of piperidine rings is 1. The van der Waals surface area contributed by atoms with Gasteiger partial charge < -0.3 is 10.2 Å². The molecule has 1 aromatic rings. The Kier molecular flexibility index (Phi) is 3.31. The quantitative estimate of drug-likeness (QED) is 0.888. The Morgan fingerprint density at radius 2 is 1.84 bits per heavy atom. The molecule has 0 radical (unpaired) electrons. The van der Waals surface area contributed by atoms with Crippen LogP contribution in [0.3, 0.4) is 0 Å². The van der Waals surface area contributed by atoms with Crippen molar-refractivity contribution in [3.8, 4) is 0 Å². The van der Waals surface area contributed by atoms with Crippen molar-refractivity contribution in [3.63, 3.8) is 0 Å². The average molecular weight is 264 g/mol. The average Bonchev–Trinajstić information content (AvgIpc) is 3.24. The molecule has 0 bridgehead atoms. The van der Waals surface area contributed by atoms with E-state index in [1.807, 2.05) is 4.90 Å². The number of carbonyl (C=O) groups excluding carboxylic acids is 1. The Morgan fingerprint density at radius 3 is 2.42 bits per heavy atom. The van der Waals surface area contributed by atoms with Gasteiger partial charge in [-0.15, -0.1) is 0 Å². The van der Waals surface area contributed by atoms with Crippen molar-refractivity contribution in [1.82, 2.24) is 15.3 Å². The second-order valence-electron chi connectivity index (χ2n) is 5.25. The van der Waals surface area contributed by atoms with E-state index in [2.05, 4.69) is 15.3 Å². The van der Waals surface area contributed by atoms with Crippen molar-refractivity contribution in [2.24, 2.45) is 5.92 Å². The van der Waals surface area contributed by atoms with Gasteiger partial charge in [0.25, 0.3) is 0 Å². The number of hydrogen-bond donors (Lipinski definition) is 1. The fourth-order valence-corrected chi connectivity index (χ4v) is 2.36. The summed E-state index contributed by atoms with van der Waals surface area (Å²) < 4.78 is 12.8. The van der Waals surface area contributed by atoms with Crippen LogP contribution in [0.2, 0.25) is 0 Å². The number of nitrogens with one attached hydrogen (secondary N) is 1. The molecule has 102 valence electrons. The van der Waals surface area contributed by atoms with Crippen molar-refractivity contribution >= 4 is 11.9 Å². The molecule has 1 saturated carbocycles. The summed E-state index contributed by atoms with van der Waals surface area (Å²) in [6, 6.07) is 0.422. The van der Waals surface area contributed by atoms with Crippen molar-refractivity contribution in [3.05, 3.63) is 18.2 Å². The third kappa shape index (κ3) is 3.00. The molecule has 6 heteroatoms. The minimum absolute atomic E-state index is 0.0947. The maximum atomic E-state index is 12.8. The molecular weight excluding hydrogens is 247 g/mol. The zero-order chi connectivity index (χ0) is 13.2. The minimum atomic E-state index is -0.428. The minimum Gasteiger partial charge on any atom is -0.353 e. The van der Waals surface area contributed by atoms with Crippen LogP contribution in [-0.4, -0.2) is 35.0 Å². The van der Waals surface area contributed by atoms with Crippen LogP contribution in [0.1, 0.15) is 25.7 Å². The molecule has 2 aliphatic rings. The summed E-state index contributed by atoms with van der Waals surface area (Å²) in [5.41, 5.74) is 0. The highest BCUT2D eigenvalue weighted by molar-refractivity contribution is 5.79. The molecule has 0 spiro atoms. The second kappa shape index (κ2) is 5.11. The zero-order valence-electron chi connectivity index (χ0n) is 10.7. The summed E-state index contributed by atoms with van der Waals surface area (Å²) >= 11 is 0. The van der Waals surface area contributed by atoms with E-state index in [4.69, 9.17) is 0 Å². The van der Waals surface area contributed by atoms with Gasteiger partial charge in [0, 0.05) is 25.0 Å². The van der Waals surface area contributed by atoms with Crippen LogP contribution in [0.4, 0.5) is 10.3 Å². The van der Waals surface area contributed by atoms with Gasteiger partial charge in [0.15, 0.2) is 5.82 Å². The normalized spacial score (nSPS) is 20.4. The van der Waals surface area contributed by atoms with Crippen LogP contribution >= 0.6 is 0 Å². The van der Waals surface area contributed by atoms with Gasteiger partial charge in [0.2, 0.25) is 11.9 Å². The van der Waals surface area contributed by atoms with E-state index < -0.39 is 5.82 Å². The lowest BCUT2D eigenvalue weighted by Gasteiger charge is -2.31. The fraction of sp³-hybridized carbons (Fsp3) is 0.615. The summed E-state index contributed by atoms with van der Waals surface area (Å²) in [5, 5.41) is 3.05. The van der Waals surface area contributed by atoms with E-state index in [1.165, 1.54) is 12.4 Å². The first-order valence-electron chi connectivity index (χ1n) is 6.75. The van der Waals surface area contributed by atoms with Gasteiger partial charge in [-0.3, -0.25) is 4.79 Å². The Balaban J connectivity index is 1.53.